The van der Waals surface area contributed by atoms with E-state index in [1.165, 1.54) is 18.3 Å². The molecule has 1 N–H and O–H groups in total. The van der Waals surface area contributed by atoms with Gasteiger partial charge in [-0.2, -0.15) is 0 Å². The average molecular weight is 241 g/mol. The Kier molecular flexibility index (Phi) is 2.94. The highest BCUT2D eigenvalue weighted by Crippen LogP contribution is 2.25. The van der Waals surface area contributed by atoms with Gasteiger partial charge in [0.1, 0.15) is 11.9 Å². The van der Waals surface area contributed by atoms with Crippen LogP contribution < -0.4 is 0 Å². The summed E-state index contributed by atoms with van der Waals surface area (Å²) in [6, 6.07) is 4.19. The van der Waals surface area contributed by atoms with Crippen molar-refractivity contribution in [3.63, 3.8) is 0 Å². The number of nitrogens with zero attached hydrogens (tertiary/aromatic N) is 2. The molecule has 84 valence electrons. The van der Waals surface area contributed by atoms with E-state index in [4.69, 9.17) is 11.6 Å². The molecule has 0 saturated heterocycles. The Bertz CT molecular complexity index is 512. The predicted molar refractivity (Wildman–Crippen MR) is 58.7 cm³/mol. The van der Waals surface area contributed by atoms with Crippen LogP contribution in [0.1, 0.15) is 17.4 Å². The van der Waals surface area contributed by atoms with E-state index in [1.807, 2.05) is 0 Å². The van der Waals surface area contributed by atoms with Gasteiger partial charge in [-0.1, -0.05) is 17.7 Å². The molecule has 0 amide bonds. The fraction of sp³-hybridized carbons (Fsp3) is 0.182. The van der Waals surface area contributed by atoms with Crippen molar-refractivity contribution in [3.8, 4) is 0 Å². The van der Waals surface area contributed by atoms with Gasteiger partial charge in [-0.15, -0.1) is 0 Å². The van der Waals surface area contributed by atoms with Crippen molar-refractivity contribution in [1.29, 1.82) is 0 Å². The van der Waals surface area contributed by atoms with Crippen LogP contribution >= 0.6 is 11.6 Å². The second kappa shape index (κ2) is 4.23. The van der Waals surface area contributed by atoms with Gasteiger partial charge in [-0.05, 0) is 12.1 Å². The van der Waals surface area contributed by atoms with Gasteiger partial charge in [0.2, 0.25) is 0 Å². The summed E-state index contributed by atoms with van der Waals surface area (Å²) in [5.41, 5.74) is 0.717. The Labute approximate surface area is 97.1 Å². The summed E-state index contributed by atoms with van der Waals surface area (Å²) < 4.78 is 15.2. The molecule has 1 aromatic heterocycles. The van der Waals surface area contributed by atoms with Gasteiger partial charge in [-0.25, -0.2) is 9.37 Å². The summed E-state index contributed by atoms with van der Waals surface area (Å²) in [7, 11) is 1.74. The maximum absolute atomic E-state index is 13.6. The van der Waals surface area contributed by atoms with Gasteiger partial charge in [0.15, 0.2) is 0 Å². The number of halogens is 2. The summed E-state index contributed by atoms with van der Waals surface area (Å²) in [4.78, 5) is 3.87. The molecule has 1 heterocycles. The monoisotopic (exact) mass is 240 g/mol. The van der Waals surface area contributed by atoms with Crippen LogP contribution in [-0.4, -0.2) is 14.7 Å². The molecule has 1 atom stereocenters. The predicted octanol–water partition coefficient (Wildman–Crippen LogP) is 2.29. The van der Waals surface area contributed by atoms with E-state index in [2.05, 4.69) is 4.98 Å². The van der Waals surface area contributed by atoms with Gasteiger partial charge in [0.25, 0.3) is 0 Å². The van der Waals surface area contributed by atoms with Gasteiger partial charge in [0, 0.05) is 17.6 Å². The van der Waals surface area contributed by atoms with Crippen molar-refractivity contribution in [2.75, 3.05) is 0 Å². The minimum Gasteiger partial charge on any atom is -0.382 e. The zero-order chi connectivity index (χ0) is 11.7. The first kappa shape index (κ1) is 11.1. The molecule has 3 nitrogen and oxygen atoms in total. The zero-order valence-electron chi connectivity index (χ0n) is 8.56. The van der Waals surface area contributed by atoms with Crippen molar-refractivity contribution in [1.82, 2.24) is 9.55 Å². The third-order valence-electron chi connectivity index (χ3n) is 2.39. The molecule has 0 bridgehead atoms. The number of rotatable bonds is 2. The van der Waals surface area contributed by atoms with E-state index in [0.717, 1.165) is 0 Å². The summed E-state index contributed by atoms with van der Waals surface area (Å²) in [5.74, 6) is -0.527. The molecule has 1 unspecified atom stereocenters. The lowest BCUT2D eigenvalue weighted by Gasteiger charge is -2.12. The highest BCUT2D eigenvalue weighted by Gasteiger charge is 2.17. The molecule has 0 aliphatic rings. The lowest BCUT2D eigenvalue weighted by atomic mass is 10.1. The molecule has 0 saturated carbocycles. The van der Waals surface area contributed by atoms with Gasteiger partial charge in [0.05, 0.1) is 18.2 Å². The average Bonchev–Trinajstić information content (AvgIpc) is 2.63. The number of hydrogen-bond acceptors (Lipinski definition) is 2. The van der Waals surface area contributed by atoms with Crippen molar-refractivity contribution in [2.24, 2.45) is 7.05 Å². The molecular weight excluding hydrogens is 231 g/mol. The summed E-state index contributed by atoms with van der Waals surface area (Å²) in [5, 5.41) is 10.3. The van der Waals surface area contributed by atoms with Gasteiger partial charge in [-0.3, -0.25) is 0 Å². The smallest absolute Gasteiger partial charge is 0.130 e. The zero-order valence-corrected chi connectivity index (χ0v) is 9.32. The largest absolute Gasteiger partial charge is 0.382 e. The van der Waals surface area contributed by atoms with E-state index >= 15 is 0 Å². The second-order valence-electron chi connectivity index (χ2n) is 3.50. The van der Waals surface area contributed by atoms with Crippen molar-refractivity contribution >= 4 is 11.6 Å². The molecule has 0 spiro atoms. The first-order chi connectivity index (χ1) is 7.59. The van der Waals surface area contributed by atoms with Crippen molar-refractivity contribution in [2.45, 2.75) is 6.10 Å². The number of imidazole rings is 1. The molecule has 0 radical (unpaired) electrons. The molecule has 0 fully saturated rings. The van der Waals surface area contributed by atoms with Crippen LogP contribution in [-0.2, 0) is 7.05 Å². The van der Waals surface area contributed by atoms with Crippen LogP contribution in [0.15, 0.2) is 30.7 Å². The van der Waals surface area contributed by atoms with E-state index in [9.17, 15) is 9.50 Å². The maximum Gasteiger partial charge on any atom is 0.130 e. The summed E-state index contributed by atoms with van der Waals surface area (Å²) >= 11 is 5.64. The number of hydrogen-bond donors (Lipinski definition) is 1. The minimum absolute atomic E-state index is 0.188. The van der Waals surface area contributed by atoms with Crippen LogP contribution in [0.2, 0.25) is 5.02 Å². The van der Waals surface area contributed by atoms with Crippen LogP contribution in [0.4, 0.5) is 4.39 Å². The van der Waals surface area contributed by atoms with Crippen molar-refractivity contribution < 1.29 is 9.50 Å². The first-order valence-electron chi connectivity index (χ1n) is 4.69. The quantitative estimate of drug-likeness (QED) is 0.875. The fourth-order valence-electron chi connectivity index (χ4n) is 1.51. The van der Waals surface area contributed by atoms with Crippen LogP contribution in [0.5, 0.6) is 0 Å². The third-order valence-corrected chi connectivity index (χ3v) is 2.63. The van der Waals surface area contributed by atoms with Crippen LogP contribution in [0.3, 0.4) is 0 Å². The topological polar surface area (TPSA) is 38.0 Å². The SMILES string of the molecule is Cn1cncc1C(O)c1ccc(Cl)cc1F. The molecule has 0 aliphatic heterocycles. The number of aliphatic hydroxyl groups is 1. The Hall–Kier alpha value is -1.39. The van der Waals surface area contributed by atoms with Gasteiger partial charge < -0.3 is 9.67 Å². The Morgan fingerprint density at radius 2 is 2.25 bits per heavy atom. The molecule has 2 rings (SSSR count). The Morgan fingerprint density at radius 3 is 2.81 bits per heavy atom. The van der Waals surface area contributed by atoms with E-state index in [0.29, 0.717) is 10.7 Å². The fourth-order valence-corrected chi connectivity index (χ4v) is 1.67. The number of aryl methyl sites for hydroxylation is 1. The highest BCUT2D eigenvalue weighted by molar-refractivity contribution is 6.30. The summed E-state index contributed by atoms with van der Waals surface area (Å²) in [6.45, 7) is 0. The third kappa shape index (κ3) is 1.94. The molecular formula is C11H10ClFN2O. The van der Waals surface area contributed by atoms with Crippen molar-refractivity contribution in [3.05, 3.63) is 52.8 Å². The van der Waals surface area contributed by atoms with E-state index in [-0.39, 0.29) is 5.56 Å². The second-order valence-corrected chi connectivity index (χ2v) is 3.93. The van der Waals surface area contributed by atoms with Crippen LogP contribution in [0.25, 0.3) is 0 Å². The first-order valence-corrected chi connectivity index (χ1v) is 5.06. The molecule has 1 aromatic carbocycles. The number of aromatic nitrogens is 2. The molecule has 0 aliphatic carbocycles. The Morgan fingerprint density at radius 1 is 1.50 bits per heavy atom. The summed E-state index contributed by atoms with van der Waals surface area (Å²) in [6.07, 6.45) is 2.01. The minimum atomic E-state index is -1.04. The molecule has 16 heavy (non-hydrogen) atoms. The van der Waals surface area contributed by atoms with E-state index in [1.54, 1.807) is 24.0 Å². The lowest BCUT2D eigenvalue weighted by molar-refractivity contribution is 0.206. The standard InChI is InChI=1S/C11H10ClFN2O/c1-15-6-14-5-10(15)11(16)8-3-2-7(12)4-9(8)13/h2-6,11,16H,1H3. The lowest BCUT2D eigenvalue weighted by Crippen LogP contribution is -2.06. The number of benzene rings is 1. The van der Waals surface area contributed by atoms with Crippen LogP contribution in [0, 0.1) is 5.82 Å². The van der Waals surface area contributed by atoms with Gasteiger partial charge >= 0.3 is 0 Å². The molecule has 5 heteroatoms. The maximum atomic E-state index is 13.6. The Balaban J connectivity index is 2.41. The molecule has 2 aromatic rings. The normalized spacial score (nSPS) is 12.8. The highest BCUT2D eigenvalue weighted by atomic mass is 35.5. The van der Waals surface area contributed by atoms with E-state index < -0.39 is 11.9 Å². The number of aliphatic hydroxyl groups excluding tert-OH is 1.